The van der Waals surface area contributed by atoms with Crippen LogP contribution in [0.15, 0.2) is 59.7 Å². The summed E-state index contributed by atoms with van der Waals surface area (Å²) in [6.07, 6.45) is 0. The van der Waals surface area contributed by atoms with E-state index in [0.29, 0.717) is 5.69 Å². The van der Waals surface area contributed by atoms with Gasteiger partial charge in [0.25, 0.3) is 0 Å². The van der Waals surface area contributed by atoms with E-state index in [-0.39, 0.29) is 0 Å². The Morgan fingerprint density at radius 3 is 2.57 bits per heavy atom. The molecule has 0 aliphatic carbocycles. The normalized spacial score (nSPS) is 10.1. The van der Waals surface area contributed by atoms with Crippen LogP contribution >= 0.6 is 11.3 Å². The average Bonchev–Trinajstić information content (AvgIpc) is 2.91. The molecule has 0 bridgehead atoms. The van der Waals surface area contributed by atoms with E-state index in [1.54, 1.807) is 17.4 Å². The zero-order valence-corrected chi connectivity index (χ0v) is 12.2. The number of hydrogen-bond acceptors (Lipinski definition) is 3. The van der Waals surface area contributed by atoms with E-state index in [4.69, 9.17) is 10.5 Å². The van der Waals surface area contributed by atoms with E-state index in [1.807, 2.05) is 36.4 Å². The first-order valence-corrected chi connectivity index (χ1v) is 7.28. The van der Waals surface area contributed by atoms with Gasteiger partial charge in [-0.15, -0.1) is 11.3 Å². The molecule has 3 aromatic rings. The van der Waals surface area contributed by atoms with Gasteiger partial charge in [0.1, 0.15) is 5.01 Å². The molecule has 0 atom stereocenters. The van der Waals surface area contributed by atoms with Crippen LogP contribution in [0.4, 0.5) is 5.69 Å². The highest BCUT2D eigenvalue weighted by atomic mass is 32.1. The minimum Gasteiger partial charge on any atom is -0.236 e. The van der Waals surface area contributed by atoms with Gasteiger partial charge < -0.3 is 0 Å². The fraction of sp³-hybridized carbons (Fsp3) is 0.0625. The summed E-state index contributed by atoms with van der Waals surface area (Å²) >= 11 is 1.64. The summed E-state index contributed by atoms with van der Waals surface area (Å²) in [5.41, 5.74) is 12.2. The standard InChI is InChI=1S/C16H12N4S/c1-11-15(12-6-3-2-4-7-12)18-16(21-11)13-8-5-9-14(10-13)19-20-17/h2-10H,1H3. The Morgan fingerprint density at radius 2 is 1.81 bits per heavy atom. The largest absolute Gasteiger partial charge is 0.236 e. The number of benzene rings is 2. The summed E-state index contributed by atoms with van der Waals surface area (Å²) in [7, 11) is 0. The van der Waals surface area contributed by atoms with Gasteiger partial charge in [-0.2, -0.15) is 0 Å². The Morgan fingerprint density at radius 1 is 1.05 bits per heavy atom. The molecule has 0 aliphatic rings. The number of aromatic nitrogens is 1. The van der Waals surface area contributed by atoms with Crippen molar-refractivity contribution in [2.45, 2.75) is 6.92 Å². The number of rotatable bonds is 3. The SMILES string of the molecule is Cc1sc(-c2cccc(N=[N+]=[N-])c2)nc1-c1ccccc1. The van der Waals surface area contributed by atoms with Crippen molar-refractivity contribution in [2.24, 2.45) is 5.11 Å². The van der Waals surface area contributed by atoms with E-state index in [9.17, 15) is 0 Å². The fourth-order valence-corrected chi connectivity index (χ4v) is 3.07. The van der Waals surface area contributed by atoms with E-state index < -0.39 is 0 Å². The number of hydrogen-bond donors (Lipinski definition) is 0. The van der Waals surface area contributed by atoms with Gasteiger partial charge in [0.15, 0.2) is 0 Å². The molecule has 0 radical (unpaired) electrons. The second kappa shape index (κ2) is 5.79. The lowest BCUT2D eigenvalue weighted by Gasteiger charge is -1.98. The molecule has 0 N–H and O–H groups in total. The van der Waals surface area contributed by atoms with Crippen LogP contribution in [0.1, 0.15) is 4.88 Å². The molecular formula is C16H12N4S. The van der Waals surface area contributed by atoms with Crippen molar-refractivity contribution in [1.29, 1.82) is 0 Å². The smallest absolute Gasteiger partial charge is 0.124 e. The monoisotopic (exact) mass is 292 g/mol. The molecular weight excluding hydrogens is 280 g/mol. The maximum atomic E-state index is 8.52. The van der Waals surface area contributed by atoms with Crippen LogP contribution in [0.2, 0.25) is 0 Å². The van der Waals surface area contributed by atoms with Crippen molar-refractivity contribution in [3.63, 3.8) is 0 Å². The maximum absolute atomic E-state index is 8.52. The predicted molar refractivity (Wildman–Crippen MR) is 86.5 cm³/mol. The molecule has 2 aromatic carbocycles. The molecule has 0 saturated heterocycles. The van der Waals surface area contributed by atoms with Gasteiger partial charge in [0.2, 0.25) is 0 Å². The summed E-state index contributed by atoms with van der Waals surface area (Å²) in [5.74, 6) is 0. The van der Waals surface area contributed by atoms with Crippen LogP contribution < -0.4 is 0 Å². The van der Waals surface area contributed by atoms with Crippen molar-refractivity contribution in [2.75, 3.05) is 0 Å². The second-order valence-corrected chi connectivity index (χ2v) is 5.73. The van der Waals surface area contributed by atoms with Gasteiger partial charge in [-0.25, -0.2) is 4.98 Å². The Bertz CT molecular complexity index is 817. The lowest BCUT2D eigenvalue weighted by Crippen LogP contribution is -1.80. The van der Waals surface area contributed by atoms with Crippen molar-refractivity contribution in [3.8, 4) is 21.8 Å². The van der Waals surface area contributed by atoms with Gasteiger partial charge >= 0.3 is 0 Å². The van der Waals surface area contributed by atoms with Crippen molar-refractivity contribution in [1.82, 2.24) is 4.98 Å². The van der Waals surface area contributed by atoms with Crippen molar-refractivity contribution < 1.29 is 0 Å². The first kappa shape index (κ1) is 13.4. The zero-order chi connectivity index (χ0) is 14.7. The highest BCUT2D eigenvalue weighted by Crippen LogP contribution is 2.34. The Kier molecular flexibility index (Phi) is 3.69. The molecule has 4 nitrogen and oxygen atoms in total. The third kappa shape index (κ3) is 2.79. The summed E-state index contributed by atoms with van der Waals surface area (Å²) in [6.45, 7) is 2.07. The number of thiazole rings is 1. The third-order valence-corrected chi connectivity index (χ3v) is 4.12. The van der Waals surface area contributed by atoms with E-state index in [2.05, 4.69) is 29.1 Å². The average molecular weight is 292 g/mol. The van der Waals surface area contributed by atoms with Crippen LogP contribution in [0.25, 0.3) is 32.3 Å². The highest BCUT2D eigenvalue weighted by Gasteiger charge is 2.11. The quantitative estimate of drug-likeness (QED) is 0.345. The van der Waals surface area contributed by atoms with Crippen molar-refractivity contribution >= 4 is 17.0 Å². The molecule has 0 amide bonds. The minimum atomic E-state index is 0.601. The Hall–Kier alpha value is -2.62. The molecule has 0 saturated carbocycles. The van der Waals surface area contributed by atoms with Crippen LogP contribution in [-0.4, -0.2) is 4.98 Å². The molecule has 21 heavy (non-hydrogen) atoms. The van der Waals surface area contributed by atoms with Crippen LogP contribution in [0, 0.1) is 6.92 Å². The van der Waals surface area contributed by atoms with Gasteiger partial charge in [-0.1, -0.05) is 53.6 Å². The summed E-state index contributed by atoms with van der Waals surface area (Å²) in [4.78, 5) is 8.73. The van der Waals surface area contributed by atoms with Crippen LogP contribution in [-0.2, 0) is 0 Å². The van der Waals surface area contributed by atoms with Crippen molar-refractivity contribution in [3.05, 3.63) is 69.9 Å². The lowest BCUT2D eigenvalue weighted by atomic mass is 10.1. The summed E-state index contributed by atoms with van der Waals surface area (Å²) in [5, 5.41) is 4.57. The van der Waals surface area contributed by atoms with Gasteiger partial charge in [-0.05, 0) is 18.5 Å². The van der Waals surface area contributed by atoms with Gasteiger partial charge in [-0.3, -0.25) is 0 Å². The summed E-state index contributed by atoms with van der Waals surface area (Å²) < 4.78 is 0. The Labute approximate surface area is 126 Å². The third-order valence-electron chi connectivity index (χ3n) is 3.10. The Balaban J connectivity index is 2.05. The highest BCUT2D eigenvalue weighted by molar-refractivity contribution is 7.15. The van der Waals surface area contributed by atoms with E-state index in [1.165, 1.54) is 4.88 Å². The molecule has 1 aromatic heterocycles. The van der Waals surface area contributed by atoms with Crippen LogP contribution in [0.3, 0.4) is 0 Å². The molecule has 0 unspecified atom stereocenters. The fourth-order valence-electron chi connectivity index (χ4n) is 2.14. The minimum absolute atomic E-state index is 0.601. The molecule has 0 aliphatic heterocycles. The lowest BCUT2D eigenvalue weighted by molar-refractivity contribution is 1.37. The zero-order valence-electron chi connectivity index (χ0n) is 11.4. The number of azide groups is 1. The maximum Gasteiger partial charge on any atom is 0.124 e. The molecule has 102 valence electrons. The molecule has 1 heterocycles. The van der Waals surface area contributed by atoms with E-state index >= 15 is 0 Å². The number of aryl methyl sites for hydroxylation is 1. The van der Waals surface area contributed by atoms with Gasteiger partial charge in [0, 0.05) is 26.6 Å². The first-order chi connectivity index (χ1) is 10.3. The summed E-state index contributed by atoms with van der Waals surface area (Å²) in [6, 6.07) is 17.6. The molecule has 0 spiro atoms. The molecule has 3 rings (SSSR count). The second-order valence-electron chi connectivity index (χ2n) is 4.53. The number of nitrogens with zero attached hydrogens (tertiary/aromatic N) is 4. The topological polar surface area (TPSA) is 61.7 Å². The first-order valence-electron chi connectivity index (χ1n) is 6.46. The van der Waals surface area contributed by atoms with E-state index in [0.717, 1.165) is 21.8 Å². The van der Waals surface area contributed by atoms with Crippen LogP contribution in [0.5, 0.6) is 0 Å². The molecule has 5 heteroatoms. The predicted octanol–water partition coefficient (Wildman–Crippen LogP) is 5.73. The van der Waals surface area contributed by atoms with Gasteiger partial charge in [0.05, 0.1) is 5.69 Å². The molecule has 0 fully saturated rings.